The normalized spacial score (nSPS) is 19.2. The highest BCUT2D eigenvalue weighted by molar-refractivity contribution is 5.78. The molecule has 2 aliphatic carbocycles. The number of nitrogens with zero attached hydrogens (tertiary/aromatic N) is 3. The molecular formula is C20H25N3O2. The second kappa shape index (κ2) is 6.62. The second-order valence-corrected chi connectivity index (χ2v) is 7.49. The van der Waals surface area contributed by atoms with E-state index in [0.717, 1.165) is 25.7 Å². The van der Waals surface area contributed by atoms with Crippen LogP contribution in [0.3, 0.4) is 0 Å². The Bertz CT molecular complexity index is 764. The summed E-state index contributed by atoms with van der Waals surface area (Å²) in [7, 11) is 0. The summed E-state index contributed by atoms with van der Waals surface area (Å²) in [5.74, 6) is 1.74. The van der Waals surface area contributed by atoms with E-state index in [-0.39, 0.29) is 17.9 Å². The molecule has 0 aliphatic heterocycles. The summed E-state index contributed by atoms with van der Waals surface area (Å²) >= 11 is 0. The summed E-state index contributed by atoms with van der Waals surface area (Å²) in [6.07, 6.45) is 5.33. The van der Waals surface area contributed by atoms with Crippen LogP contribution in [0.15, 0.2) is 28.8 Å². The van der Waals surface area contributed by atoms with Gasteiger partial charge in [0, 0.05) is 24.8 Å². The van der Waals surface area contributed by atoms with Crippen molar-refractivity contribution in [2.24, 2.45) is 0 Å². The Hall–Kier alpha value is -2.17. The summed E-state index contributed by atoms with van der Waals surface area (Å²) in [6.45, 7) is 4.07. The number of rotatable bonds is 6. The van der Waals surface area contributed by atoms with Gasteiger partial charge in [0.15, 0.2) is 5.82 Å². The van der Waals surface area contributed by atoms with Crippen molar-refractivity contribution in [2.75, 3.05) is 0 Å². The minimum atomic E-state index is 0.216. The maximum atomic E-state index is 13.0. The zero-order valence-electron chi connectivity index (χ0n) is 14.9. The number of benzene rings is 1. The zero-order valence-corrected chi connectivity index (χ0v) is 14.9. The van der Waals surface area contributed by atoms with E-state index < -0.39 is 0 Å². The number of amides is 1. The predicted octanol–water partition coefficient (Wildman–Crippen LogP) is 3.80. The highest BCUT2D eigenvalue weighted by atomic mass is 16.5. The molecule has 1 atom stereocenters. The third-order valence-corrected chi connectivity index (χ3v) is 5.22. The first-order valence-electron chi connectivity index (χ1n) is 9.35. The standard InChI is InChI=1S/C20H25N3O2/c1-13(2)20-21-18(25-22-20)11-12-19(24)23(15-8-9-15)17-10-7-14-5-3-4-6-16(14)17/h3-6,13,15,17H,7-12H2,1-2H3/t17-/m1/s1. The fraction of sp³-hybridized carbons (Fsp3) is 0.550. The van der Waals surface area contributed by atoms with Crippen LogP contribution in [0.25, 0.3) is 0 Å². The van der Waals surface area contributed by atoms with Crippen LogP contribution in [0, 0.1) is 0 Å². The number of aromatic nitrogens is 2. The zero-order chi connectivity index (χ0) is 17.4. The summed E-state index contributed by atoms with van der Waals surface area (Å²) in [4.78, 5) is 19.5. The van der Waals surface area contributed by atoms with Crippen molar-refractivity contribution in [1.82, 2.24) is 15.0 Å². The molecule has 2 aromatic rings. The fourth-order valence-electron chi connectivity index (χ4n) is 3.76. The van der Waals surface area contributed by atoms with Crippen LogP contribution in [0.4, 0.5) is 0 Å². The van der Waals surface area contributed by atoms with Gasteiger partial charge in [0.05, 0.1) is 6.04 Å². The number of hydrogen-bond donors (Lipinski definition) is 0. The van der Waals surface area contributed by atoms with Crippen LogP contribution >= 0.6 is 0 Å². The summed E-state index contributed by atoms with van der Waals surface area (Å²) < 4.78 is 5.28. The van der Waals surface area contributed by atoms with E-state index in [2.05, 4.69) is 39.3 Å². The van der Waals surface area contributed by atoms with Crippen molar-refractivity contribution in [1.29, 1.82) is 0 Å². The highest BCUT2D eigenvalue weighted by Crippen LogP contribution is 2.42. The fourth-order valence-corrected chi connectivity index (χ4v) is 3.76. The van der Waals surface area contributed by atoms with Gasteiger partial charge >= 0.3 is 0 Å². The lowest BCUT2D eigenvalue weighted by molar-refractivity contribution is -0.134. The van der Waals surface area contributed by atoms with Crippen LogP contribution in [-0.4, -0.2) is 27.0 Å². The summed E-state index contributed by atoms with van der Waals surface area (Å²) in [5.41, 5.74) is 2.73. The molecule has 0 spiro atoms. The lowest BCUT2D eigenvalue weighted by Gasteiger charge is -2.30. The van der Waals surface area contributed by atoms with Crippen molar-refractivity contribution >= 4 is 5.91 Å². The molecule has 0 bridgehead atoms. The van der Waals surface area contributed by atoms with Gasteiger partial charge in [-0.2, -0.15) is 4.98 Å². The van der Waals surface area contributed by atoms with E-state index >= 15 is 0 Å². The third-order valence-electron chi connectivity index (χ3n) is 5.22. The van der Waals surface area contributed by atoms with Crippen LogP contribution in [0.1, 0.15) is 74.3 Å². The molecule has 0 saturated heterocycles. The van der Waals surface area contributed by atoms with Crippen molar-refractivity contribution in [3.05, 3.63) is 47.1 Å². The molecule has 5 heteroatoms. The Labute approximate surface area is 148 Å². The monoisotopic (exact) mass is 339 g/mol. The van der Waals surface area contributed by atoms with Gasteiger partial charge < -0.3 is 9.42 Å². The van der Waals surface area contributed by atoms with E-state index in [1.54, 1.807) is 0 Å². The molecule has 1 aromatic carbocycles. The van der Waals surface area contributed by atoms with Crippen LogP contribution in [-0.2, 0) is 17.6 Å². The number of fused-ring (bicyclic) bond motifs is 1. The van der Waals surface area contributed by atoms with Gasteiger partial charge in [-0.25, -0.2) is 0 Å². The average molecular weight is 339 g/mol. The number of carbonyl (C=O) groups excluding carboxylic acids is 1. The van der Waals surface area contributed by atoms with Gasteiger partial charge in [-0.3, -0.25) is 4.79 Å². The summed E-state index contributed by atoms with van der Waals surface area (Å²) in [5, 5.41) is 3.98. The molecule has 1 aromatic heterocycles. The van der Waals surface area contributed by atoms with Crippen LogP contribution in [0.5, 0.6) is 0 Å². The van der Waals surface area contributed by atoms with Gasteiger partial charge in [-0.15, -0.1) is 0 Å². The first-order valence-corrected chi connectivity index (χ1v) is 9.35. The minimum Gasteiger partial charge on any atom is -0.339 e. The van der Waals surface area contributed by atoms with E-state index in [1.807, 2.05) is 13.8 Å². The SMILES string of the molecule is CC(C)c1noc(CCC(=O)N(C2CC2)[C@@H]2CCc3ccccc32)n1. The molecule has 0 unspecified atom stereocenters. The maximum Gasteiger partial charge on any atom is 0.227 e. The van der Waals surface area contributed by atoms with Crippen LogP contribution < -0.4 is 0 Å². The van der Waals surface area contributed by atoms with Gasteiger partial charge in [0.2, 0.25) is 11.8 Å². The highest BCUT2D eigenvalue weighted by Gasteiger charge is 2.40. The van der Waals surface area contributed by atoms with E-state index in [4.69, 9.17) is 4.52 Å². The minimum absolute atomic E-state index is 0.216. The largest absolute Gasteiger partial charge is 0.339 e. The molecule has 4 rings (SSSR count). The van der Waals surface area contributed by atoms with Gasteiger partial charge in [-0.1, -0.05) is 43.3 Å². The topological polar surface area (TPSA) is 59.2 Å². The molecule has 1 amide bonds. The molecule has 2 aliphatic rings. The Kier molecular flexibility index (Phi) is 4.32. The van der Waals surface area contributed by atoms with Crippen molar-refractivity contribution < 1.29 is 9.32 Å². The predicted molar refractivity (Wildman–Crippen MR) is 94.1 cm³/mol. The molecule has 25 heavy (non-hydrogen) atoms. The third kappa shape index (κ3) is 3.32. The first kappa shape index (κ1) is 16.3. The Morgan fingerprint density at radius 1 is 1.28 bits per heavy atom. The molecular weight excluding hydrogens is 314 g/mol. The lowest BCUT2D eigenvalue weighted by Crippen LogP contribution is -2.36. The molecule has 0 N–H and O–H groups in total. The Morgan fingerprint density at radius 3 is 2.80 bits per heavy atom. The van der Waals surface area contributed by atoms with Gasteiger partial charge in [0.25, 0.3) is 0 Å². The smallest absolute Gasteiger partial charge is 0.227 e. The molecule has 5 nitrogen and oxygen atoms in total. The molecule has 132 valence electrons. The molecule has 1 saturated carbocycles. The Morgan fingerprint density at radius 2 is 2.08 bits per heavy atom. The van der Waals surface area contributed by atoms with E-state index in [9.17, 15) is 4.79 Å². The van der Waals surface area contributed by atoms with E-state index in [0.29, 0.717) is 30.6 Å². The quantitative estimate of drug-likeness (QED) is 0.803. The van der Waals surface area contributed by atoms with Crippen molar-refractivity contribution in [3.63, 3.8) is 0 Å². The average Bonchev–Trinajstić information content (AvgIpc) is 3.17. The van der Waals surface area contributed by atoms with E-state index in [1.165, 1.54) is 11.1 Å². The number of carbonyl (C=O) groups is 1. The second-order valence-electron chi connectivity index (χ2n) is 7.49. The van der Waals surface area contributed by atoms with Gasteiger partial charge in [0.1, 0.15) is 0 Å². The Balaban J connectivity index is 1.45. The molecule has 1 fully saturated rings. The number of aryl methyl sites for hydroxylation is 2. The lowest BCUT2D eigenvalue weighted by atomic mass is 10.1. The summed E-state index contributed by atoms with van der Waals surface area (Å²) in [6, 6.07) is 9.20. The van der Waals surface area contributed by atoms with Crippen molar-refractivity contribution in [2.45, 2.75) is 70.4 Å². The maximum absolute atomic E-state index is 13.0. The van der Waals surface area contributed by atoms with Crippen molar-refractivity contribution in [3.8, 4) is 0 Å². The number of hydrogen-bond acceptors (Lipinski definition) is 4. The molecule has 1 heterocycles. The molecule has 0 radical (unpaired) electrons. The van der Waals surface area contributed by atoms with Gasteiger partial charge in [-0.05, 0) is 36.8 Å². The first-order chi connectivity index (χ1) is 12.1. The van der Waals surface area contributed by atoms with Crippen LogP contribution in [0.2, 0.25) is 0 Å².